The van der Waals surface area contributed by atoms with Crippen molar-refractivity contribution in [1.29, 1.82) is 0 Å². The summed E-state index contributed by atoms with van der Waals surface area (Å²) in [7, 11) is 0. The molecule has 0 aromatic heterocycles. The number of aliphatic imine (C=N–C) groups is 1. The molecule has 0 bridgehead atoms. The number of carbonyl (C=O) groups is 7. The lowest BCUT2D eigenvalue weighted by Crippen LogP contribution is -2.61. The van der Waals surface area contributed by atoms with Gasteiger partial charge in [0, 0.05) is 25.0 Å². The maximum atomic E-state index is 13.9. The van der Waals surface area contributed by atoms with E-state index in [1.54, 1.807) is 34.6 Å². The minimum absolute atomic E-state index is 0.0592. The van der Waals surface area contributed by atoms with Crippen molar-refractivity contribution in [3.8, 4) is 0 Å². The number of amides is 6. The summed E-state index contributed by atoms with van der Waals surface area (Å²) in [4.78, 5) is 99.6. The number of ketones is 1. The van der Waals surface area contributed by atoms with Crippen LogP contribution in [0.5, 0.6) is 0 Å². The lowest BCUT2D eigenvalue weighted by Gasteiger charge is -2.34. The van der Waals surface area contributed by atoms with E-state index in [9.17, 15) is 33.6 Å². The molecule has 2 rings (SSSR count). The van der Waals surface area contributed by atoms with Crippen LogP contribution >= 0.6 is 0 Å². The number of carbonyl (C=O) groups excluding carboxylic acids is 7. The van der Waals surface area contributed by atoms with Crippen LogP contribution in [0.15, 0.2) is 4.99 Å². The largest absolute Gasteiger partial charge is 0.370 e. The summed E-state index contributed by atoms with van der Waals surface area (Å²) in [5.41, 5.74) is 15.6. The second kappa shape index (κ2) is 19.4. The summed E-state index contributed by atoms with van der Waals surface area (Å²) in [5, 5.41) is 10.7. The molecule has 0 aliphatic carbocycles. The Kier molecular flexibility index (Phi) is 16.3. The van der Waals surface area contributed by atoms with Crippen LogP contribution in [0.3, 0.4) is 0 Å². The van der Waals surface area contributed by atoms with Crippen LogP contribution in [0.25, 0.3) is 0 Å². The monoisotopic (exact) mass is 720 g/mol. The molecule has 17 nitrogen and oxygen atoms in total. The number of hydrogen-bond acceptors (Lipinski definition) is 9. The van der Waals surface area contributed by atoms with Gasteiger partial charge < -0.3 is 43.4 Å². The van der Waals surface area contributed by atoms with Crippen molar-refractivity contribution in [2.75, 3.05) is 26.2 Å². The minimum Gasteiger partial charge on any atom is -0.370 e. The SMILES string of the molecule is CC(C)C(=O)CNC(=O)[C@@H]1CCCN1C(=O)[C@H](CCCN=C(N)N)NC(=O)[C@H](CC(N)=O)NC(=O)[C@@H](NC(=O)[C@@H]1CCCN1C(C)C)C(C)(C)C. The number of hydrogen-bond donors (Lipinski definition) is 7. The van der Waals surface area contributed by atoms with Gasteiger partial charge in [0.15, 0.2) is 11.7 Å². The topological polar surface area (TPSA) is 265 Å². The normalized spacial score (nSPS) is 19.6. The standard InChI is InChI=1S/C34H60N10O7/c1-19(2)25(45)18-39-29(48)23-12-10-16-44(23)32(51)21(11-8-14-38-33(36)37)40-28(47)22(17-26(35)46)41-31(50)27(34(5,6)7)42-30(49)24-13-9-15-43(24)20(3)4/h19-24,27H,8-18H2,1-7H3,(H2,35,46)(H,39,48)(H,40,47)(H,41,50)(H,42,49)(H4,36,37,38)/t21-,22-,23-,24-,27+/m0/s1. The summed E-state index contributed by atoms with van der Waals surface area (Å²) in [5.74, 6) is -4.37. The maximum Gasteiger partial charge on any atom is 0.245 e. The van der Waals surface area contributed by atoms with E-state index in [4.69, 9.17) is 17.2 Å². The lowest BCUT2D eigenvalue weighted by molar-refractivity contribution is -0.142. The number of likely N-dealkylation sites (tertiary alicyclic amines) is 2. The molecule has 2 aliphatic rings. The molecule has 0 saturated carbocycles. The summed E-state index contributed by atoms with van der Waals surface area (Å²) < 4.78 is 0. The van der Waals surface area contributed by atoms with Gasteiger partial charge in [-0.3, -0.25) is 43.5 Å². The highest BCUT2D eigenvalue weighted by molar-refractivity contribution is 5.98. The van der Waals surface area contributed by atoms with Gasteiger partial charge in [-0.2, -0.15) is 0 Å². The first-order chi connectivity index (χ1) is 23.7. The van der Waals surface area contributed by atoms with E-state index in [0.29, 0.717) is 19.3 Å². The number of nitrogens with two attached hydrogens (primary N) is 3. The summed E-state index contributed by atoms with van der Waals surface area (Å²) in [6, 6.07) is -4.90. The maximum absolute atomic E-state index is 13.9. The van der Waals surface area contributed by atoms with Crippen LogP contribution in [0.2, 0.25) is 0 Å². The molecular formula is C34H60N10O7. The van der Waals surface area contributed by atoms with Crippen molar-refractivity contribution in [3.05, 3.63) is 0 Å². The predicted molar refractivity (Wildman–Crippen MR) is 191 cm³/mol. The Balaban J connectivity index is 2.29. The van der Waals surface area contributed by atoms with Gasteiger partial charge >= 0.3 is 0 Å². The van der Waals surface area contributed by atoms with Crippen LogP contribution in [0, 0.1) is 11.3 Å². The highest BCUT2D eigenvalue weighted by Crippen LogP contribution is 2.24. The molecule has 5 atom stereocenters. The highest BCUT2D eigenvalue weighted by Gasteiger charge is 2.41. The van der Waals surface area contributed by atoms with Crippen LogP contribution in [0.1, 0.15) is 93.4 Å². The number of rotatable bonds is 18. The zero-order valence-electron chi connectivity index (χ0n) is 31.3. The van der Waals surface area contributed by atoms with Gasteiger partial charge in [0.05, 0.1) is 19.0 Å². The molecule has 0 aromatic carbocycles. The van der Waals surface area contributed by atoms with E-state index in [1.165, 1.54) is 4.90 Å². The van der Waals surface area contributed by atoms with Crippen molar-refractivity contribution >= 4 is 47.2 Å². The molecule has 6 amide bonds. The smallest absolute Gasteiger partial charge is 0.245 e. The first kappa shape index (κ1) is 42.9. The Morgan fingerprint density at radius 2 is 1.41 bits per heavy atom. The molecule has 2 saturated heterocycles. The number of nitrogens with zero attached hydrogens (tertiary/aromatic N) is 3. The summed E-state index contributed by atoms with van der Waals surface area (Å²) in [6.45, 7) is 13.7. The summed E-state index contributed by atoms with van der Waals surface area (Å²) in [6.07, 6.45) is 2.11. The van der Waals surface area contributed by atoms with Crippen LogP contribution in [-0.4, -0.2) is 119 Å². The second-order valence-corrected chi connectivity index (χ2v) is 15.1. The Hall–Kier alpha value is -4.28. The van der Waals surface area contributed by atoms with Gasteiger partial charge in [-0.25, -0.2) is 0 Å². The van der Waals surface area contributed by atoms with Gasteiger partial charge in [-0.15, -0.1) is 0 Å². The quantitative estimate of drug-likeness (QED) is 0.0496. The third-order valence-electron chi connectivity index (χ3n) is 9.19. The summed E-state index contributed by atoms with van der Waals surface area (Å²) >= 11 is 0. The third-order valence-corrected chi connectivity index (χ3v) is 9.19. The van der Waals surface area contributed by atoms with Crippen LogP contribution in [0.4, 0.5) is 0 Å². The van der Waals surface area contributed by atoms with Crippen molar-refractivity contribution in [2.24, 2.45) is 33.5 Å². The molecule has 2 aliphatic heterocycles. The van der Waals surface area contributed by atoms with Gasteiger partial charge in [0.2, 0.25) is 35.4 Å². The Bertz CT molecular complexity index is 1310. The average molecular weight is 721 g/mol. The van der Waals surface area contributed by atoms with E-state index < -0.39 is 71.6 Å². The molecule has 0 radical (unpaired) electrons. The van der Waals surface area contributed by atoms with Crippen molar-refractivity contribution in [3.63, 3.8) is 0 Å². The van der Waals surface area contributed by atoms with Crippen molar-refractivity contribution in [2.45, 2.75) is 130 Å². The number of Topliss-reactive ketones (excluding diaryl/α,β-unsaturated/α-hetero) is 1. The molecule has 0 unspecified atom stereocenters. The zero-order valence-corrected chi connectivity index (χ0v) is 31.3. The van der Waals surface area contributed by atoms with Gasteiger partial charge in [-0.05, 0) is 64.3 Å². The average Bonchev–Trinajstić information content (AvgIpc) is 3.73. The van der Waals surface area contributed by atoms with E-state index in [1.807, 2.05) is 13.8 Å². The minimum atomic E-state index is -1.48. The molecule has 10 N–H and O–H groups in total. The van der Waals surface area contributed by atoms with Crippen LogP contribution in [-0.2, 0) is 33.6 Å². The molecule has 0 spiro atoms. The molecule has 0 aromatic rings. The molecule has 17 heteroatoms. The third kappa shape index (κ3) is 13.1. The lowest BCUT2D eigenvalue weighted by atomic mass is 9.85. The number of nitrogens with one attached hydrogen (secondary N) is 4. The van der Waals surface area contributed by atoms with E-state index >= 15 is 0 Å². The first-order valence-corrected chi connectivity index (χ1v) is 17.9. The Labute approximate surface area is 301 Å². The molecule has 2 heterocycles. The van der Waals surface area contributed by atoms with Crippen molar-refractivity contribution < 1.29 is 33.6 Å². The predicted octanol–water partition coefficient (Wildman–Crippen LogP) is -1.38. The van der Waals surface area contributed by atoms with Gasteiger partial charge in [0.25, 0.3) is 0 Å². The Morgan fingerprint density at radius 3 is 1.98 bits per heavy atom. The van der Waals surface area contributed by atoms with Crippen molar-refractivity contribution in [1.82, 2.24) is 31.1 Å². The zero-order chi connectivity index (χ0) is 38.6. The van der Waals surface area contributed by atoms with Gasteiger partial charge in [-0.1, -0.05) is 34.6 Å². The Morgan fingerprint density at radius 1 is 0.804 bits per heavy atom. The first-order valence-electron chi connectivity index (χ1n) is 17.9. The fourth-order valence-corrected chi connectivity index (χ4v) is 6.30. The molecule has 2 fully saturated rings. The van der Waals surface area contributed by atoms with E-state index in [0.717, 1.165) is 13.0 Å². The van der Waals surface area contributed by atoms with E-state index in [2.05, 4.69) is 31.2 Å². The number of guanidine groups is 1. The second-order valence-electron chi connectivity index (χ2n) is 15.1. The molecule has 51 heavy (non-hydrogen) atoms. The molecule has 288 valence electrons. The van der Waals surface area contributed by atoms with E-state index in [-0.39, 0.29) is 62.1 Å². The fraction of sp³-hybridized carbons (Fsp3) is 0.765. The van der Waals surface area contributed by atoms with Gasteiger partial charge in [0.1, 0.15) is 24.2 Å². The fourth-order valence-electron chi connectivity index (χ4n) is 6.30. The number of primary amides is 1. The van der Waals surface area contributed by atoms with Crippen LogP contribution < -0.4 is 38.5 Å². The highest BCUT2D eigenvalue weighted by atomic mass is 16.2. The molecular weight excluding hydrogens is 660 g/mol.